The molecule has 0 aromatic heterocycles. The smallest absolute Gasteiger partial charge is 0.345 e. The third-order valence-electron chi connectivity index (χ3n) is 6.04. The highest BCUT2D eigenvalue weighted by Crippen LogP contribution is 2.28. The van der Waals surface area contributed by atoms with Gasteiger partial charge in [-0.25, -0.2) is 18.6 Å². The highest BCUT2D eigenvalue weighted by atomic mass is 35.5. The third-order valence-corrected chi connectivity index (χ3v) is 7.77. The van der Waals surface area contributed by atoms with Crippen LogP contribution in [0.4, 0.5) is 5.69 Å². The third kappa shape index (κ3) is 6.43. The molecule has 41 heavy (non-hydrogen) atoms. The zero-order valence-electron chi connectivity index (χ0n) is 21.3. The summed E-state index contributed by atoms with van der Waals surface area (Å²) in [6, 6.07) is 31.4. The van der Waals surface area contributed by atoms with Gasteiger partial charge in [0, 0.05) is 16.8 Å². The fourth-order valence-electron chi connectivity index (χ4n) is 4.00. The molecular weight excluding hydrogens is 562 g/mol. The molecule has 8 nitrogen and oxygen atoms in total. The minimum absolute atomic E-state index is 0.126. The number of hydrazone groups is 1. The number of hydrogen-bond acceptors (Lipinski definition) is 6. The van der Waals surface area contributed by atoms with Crippen LogP contribution in [0.15, 0.2) is 125 Å². The standard InChI is InChI=1S/C31H22ClN3O5S/c32-28-13-7-6-12-26(28)31(37)40-29-19-16-21-8-4-5-11-25(21)27(29)20-33-34-30(36)22-14-17-23(18-15-22)35-41(38,39)24-9-2-1-3-10-24/h1-20,35H,(H,34,36)/b33-20+. The average Bonchev–Trinajstić information content (AvgIpc) is 2.99. The molecule has 2 N–H and O–H groups in total. The highest BCUT2D eigenvalue weighted by Gasteiger charge is 2.16. The summed E-state index contributed by atoms with van der Waals surface area (Å²) in [7, 11) is -3.76. The topological polar surface area (TPSA) is 114 Å². The Labute approximate surface area is 241 Å². The van der Waals surface area contributed by atoms with Crippen LogP contribution >= 0.6 is 11.6 Å². The van der Waals surface area contributed by atoms with Gasteiger partial charge in [-0.3, -0.25) is 9.52 Å². The van der Waals surface area contributed by atoms with E-state index in [9.17, 15) is 18.0 Å². The summed E-state index contributed by atoms with van der Waals surface area (Å²) < 4.78 is 33.2. The van der Waals surface area contributed by atoms with Crippen molar-refractivity contribution in [3.8, 4) is 5.75 Å². The number of sulfonamides is 1. The summed E-state index contributed by atoms with van der Waals surface area (Å²) in [4.78, 5) is 25.7. The van der Waals surface area contributed by atoms with Gasteiger partial charge < -0.3 is 4.74 Å². The Morgan fingerprint density at radius 2 is 1.46 bits per heavy atom. The Balaban J connectivity index is 1.32. The lowest BCUT2D eigenvalue weighted by Crippen LogP contribution is -2.18. The number of hydrogen-bond donors (Lipinski definition) is 2. The van der Waals surface area contributed by atoms with E-state index in [0.29, 0.717) is 11.3 Å². The van der Waals surface area contributed by atoms with E-state index in [0.717, 1.165) is 10.8 Å². The molecule has 0 spiro atoms. The second-order valence-electron chi connectivity index (χ2n) is 8.76. The van der Waals surface area contributed by atoms with Gasteiger partial charge in [-0.05, 0) is 65.4 Å². The SMILES string of the molecule is O=C(N/N=C/c1c(OC(=O)c2ccccc2Cl)ccc2ccccc12)c1ccc(NS(=O)(=O)c2ccccc2)cc1. The molecule has 0 atom stereocenters. The van der Waals surface area contributed by atoms with Crippen molar-refractivity contribution in [1.82, 2.24) is 5.43 Å². The number of rotatable bonds is 8. The lowest BCUT2D eigenvalue weighted by Gasteiger charge is -2.11. The van der Waals surface area contributed by atoms with Gasteiger partial charge in [0.15, 0.2) is 0 Å². The number of nitrogens with zero attached hydrogens (tertiary/aromatic N) is 1. The monoisotopic (exact) mass is 583 g/mol. The van der Waals surface area contributed by atoms with Crippen LogP contribution in [0.2, 0.25) is 5.02 Å². The molecule has 0 aliphatic rings. The Bertz CT molecular complexity index is 1880. The van der Waals surface area contributed by atoms with Gasteiger partial charge in [0.2, 0.25) is 0 Å². The Morgan fingerprint density at radius 1 is 0.780 bits per heavy atom. The number of amides is 1. The molecular formula is C31H22ClN3O5S. The molecule has 1 amide bonds. The number of anilines is 1. The lowest BCUT2D eigenvalue weighted by molar-refractivity contribution is 0.0734. The van der Waals surface area contributed by atoms with E-state index in [-0.39, 0.29) is 26.8 Å². The molecule has 0 saturated carbocycles. The van der Waals surface area contributed by atoms with E-state index < -0.39 is 21.9 Å². The summed E-state index contributed by atoms with van der Waals surface area (Å²) in [5, 5.41) is 5.99. The number of carbonyl (C=O) groups is 2. The minimum Gasteiger partial charge on any atom is -0.422 e. The first-order chi connectivity index (χ1) is 19.8. The van der Waals surface area contributed by atoms with Gasteiger partial charge in [-0.15, -0.1) is 0 Å². The first-order valence-electron chi connectivity index (χ1n) is 12.3. The predicted octanol–water partition coefficient (Wildman–Crippen LogP) is 6.28. The fraction of sp³-hybridized carbons (Fsp3) is 0. The van der Waals surface area contributed by atoms with Gasteiger partial charge in [0.1, 0.15) is 5.75 Å². The first kappa shape index (κ1) is 27.6. The summed E-state index contributed by atoms with van der Waals surface area (Å²) in [5.41, 5.74) is 3.71. The fourth-order valence-corrected chi connectivity index (χ4v) is 5.30. The molecule has 0 fully saturated rings. The number of carbonyl (C=O) groups excluding carboxylic acids is 2. The van der Waals surface area contributed by atoms with Gasteiger partial charge >= 0.3 is 5.97 Å². The van der Waals surface area contributed by atoms with Crippen LogP contribution in [0.5, 0.6) is 5.75 Å². The maximum Gasteiger partial charge on any atom is 0.345 e. The molecule has 0 bridgehead atoms. The van der Waals surface area contributed by atoms with Crippen molar-refractivity contribution in [3.05, 3.63) is 137 Å². The molecule has 5 aromatic rings. The molecule has 0 aliphatic heterocycles. The molecule has 0 heterocycles. The number of nitrogens with one attached hydrogen (secondary N) is 2. The molecule has 0 unspecified atom stereocenters. The van der Waals surface area contributed by atoms with E-state index in [4.69, 9.17) is 16.3 Å². The summed E-state index contributed by atoms with van der Waals surface area (Å²) in [5.74, 6) is -0.914. The second-order valence-corrected chi connectivity index (χ2v) is 10.9. The van der Waals surface area contributed by atoms with Gasteiger partial charge in [-0.1, -0.05) is 72.3 Å². The zero-order chi connectivity index (χ0) is 28.8. The normalized spacial score (nSPS) is 11.3. The second kappa shape index (κ2) is 12.0. The average molecular weight is 584 g/mol. The van der Waals surface area contributed by atoms with E-state index in [1.807, 2.05) is 30.3 Å². The number of halogens is 1. The van der Waals surface area contributed by atoms with Gasteiger partial charge in [-0.2, -0.15) is 5.10 Å². The predicted molar refractivity (Wildman–Crippen MR) is 159 cm³/mol. The van der Waals surface area contributed by atoms with E-state index in [2.05, 4.69) is 15.2 Å². The molecule has 10 heteroatoms. The minimum atomic E-state index is -3.76. The number of fused-ring (bicyclic) bond motifs is 1. The Kier molecular flexibility index (Phi) is 8.09. The number of esters is 1. The molecule has 0 aliphatic carbocycles. The van der Waals surface area contributed by atoms with Gasteiger partial charge in [0.25, 0.3) is 15.9 Å². The molecule has 204 valence electrons. The van der Waals surface area contributed by atoms with Crippen molar-refractivity contribution in [2.45, 2.75) is 4.90 Å². The number of ether oxygens (including phenoxy) is 1. The quantitative estimate of drug-likeness (QED) is 0.0966. The van der Waals surface area contributed by atoms with E-state index in [1.54, 1.807) is 48.5 Å². The molecule has 0 saturated heterocycles. The molecule has 5 rings (SSSR count). The Hall–Kier alpha value is -4.99. The van der Waals surface area contributed by atoms with Crippen LogP contribution in [0.1, 0.15) is 26.3 Å². The van der Waals surface area contributed by atoms with Crippen molar-refractivity contribution in [1.29, 1.82) is 0 Å². The van der Waals surface area contributed by atoms with Crippen LogP contribution < -0.4 is 14.9 Å². The zero-order valence-corrected chi connectivity index (χ0v) is 22.9. The highest BCUT2D eigenvalue weighted by molar-refractivity contribution is 7.92. The van der Waals surface area contributed by atoms with Crippen molar-refractivity contribution >= 4 is 56.2 Å². The van der Waals surface area contributed by atoms with Crippen LogP contribution in [0, 0.1) is 0 Å². The van der Waals surface area contributed by atoms with Crippen LogP contribution in [-0.4, -0.2) is 26.5 Å². The summed E-state index contributed by atoms with van der Waals surface area (Å²) in [6.45, 7) is 0. The van der Waals surface area contributed by atoms with Crippen molar-refractivity contribution in [3.63, 3.8) is 0 Å². The van der Waals surface area contributed by atoms with Gasteiger partial charge in [0.05, 0.1) is 21.7 Å². The number of benzene rings is 5. The van der Waals surface area contributed by atoms with Crippen LogP contribution in [0.3, 0.4) is 0 Å². The largest absolute Gasteiger partial charge is 0.422 e. The van der Waals surface area contributed by atoms with E-state index in [1.165, 1.54) is 42.6 Å². The molecule has 5 aromatic carbocycles. The van der Waals surface area contributed by atoms with Crippen LogP contribution in [0.25, 0.3) is 10.8 Å². The maximum absolute atomic E-state index is 12.8. The summed E-state index contributed by atoms with van der Waals surface area (Å²) in [6.07, 6.45) is 1.40. The summed E-state index contributed by atoms with van der Waals surface area (Å²) >= 11 is 6.16. The lowest BCUT2D eigenvalue weighted by atomic mass is 10.0. The first-order valence-corrected chi connectivity index (χ1v) is 14.2. The Morgan fingerprint density at radius 3 is 2.22 bits per heavy atom. The van der Waals surface area contributed by atoms with Crippen molar-refractivity contribution < 1.29 is 22.7 Å². The van der Waals surface area contributed by atoms with Crippen molar-refractivity contribution in [2.75, 3.05) is 4.72 Å². The van der Waals surface area contributed by atoms with Crippen LogP contribution in [-0.2, 0) is 10.0 Å². The molecule has 0 radical (unpaired) electrons. The van der Waals surface area contributed by atoms with E-state index >= 15 is 0 Å². The maximum atomic E-state index is 12.8. The van der Waals surface area contributed by atoms with Crippen molar-refractivity contribution in [2.24, 2.45) is 5.10 Å².